The first kappa shape index (κ1) is 12.5. The van der Waals surface area contributed by atoms with Crippen LogP contribution in [0.2, 0.25) is 0 Å². The van der Waals surface area contributed by atoms with Gasteiger partial charge in [0.2, 0.25) is 0 Å². The summed E-state index contributed by atoms with van der Waals surface area (Å²) in [5.74, 6) is 0.318. The average Bonchev–Trinajstić information content (AvgIpc) is 3.30. The molecule has 4 nitrogen and oxygen atoms in total. The number of fused-ring (bicyclic) bond motifs is 1. The van der Waals surface area contributed by atoms with Crippen LogP contribution in [0.15, 0.2) is 42.5 Å². The van der Waals surface area contributed by atoms with Crippen LogP contribution in [-0.4, -0.2) is 12.1 Å². The Morgan fingerprint density at radius 1 is 1.20 bits per heavy atom. The van der Waals surface area contributed by atoms with Gasteiger partial charge in [-0.2, -0.15) is 5.26 Å². The summed E-state index contributed by atoms with van der Waals surface area (Å²) in [5, 5.41) is 16.7. The summed E-state index contributed by atoms with van der Waals surface area (Å²) in [7, 11) is 0. The molecule has 3 rings (SSSR count). The molecule has 0 bridgehead atoms. The first-order chi connectivity index (χ1) is 9.78. The summed E-state index contributed by atoms with van der Waals surface area (Å²) in [4.78, 5) is 12.0. The van der Waals surface area contributed by atoms with Crippen LogP contribution in [0.5, 0.6) is 0 Å². The van der Waals surface area contributed by atoms with Crippen molar-refractivity contribution in [3.8, 4) is 6.07 Å². The van der Waals surface area contributed by atoms with E-state index >= 15 is 0 Å². The molecule has 0 aliphatic heterocycles. The molecule has 0 radical (unpaired) electrons. The maximum atomic E-state index is 12.0. The second kappa shape index (κ2) is 5.22. The van der Waals surface area contributed by atoms with Crippen molar-refractivity contribution in [3.05, 3.63) is 42.5 Å². The van der Waals surface area contributed by atoms with Gasteiger partial charge >= 0.3 is 6.03 Å². The van der Waals surface area contributed by atoms with Gasteiger partial charge in [0.25, 0.3) is 0 Å². The molecule has 0 aromatic heterocycles. The Morgan fingerprint density at radius 3 is 2.70 bits per heavy atom. The van der Waals surface area contributed by atoms with E-state index in [9.17, 15) is 4.79 Å². The average molecular weight is 265 g/mol. The number of carbonyl (C=O) groups excluding carboxylic acids is 1. The van der Waals surface area contributed by atoms with Crippen LogP contribution < -0.4 is 10.6 Å². The molecule has 1 atom stereocenters. The van der Waals surface area contributed by atoms with Gasteiger partial charge in [-0.3, -0.25) is 0 Å². The zero-order valence-corrected chi connectivity index (χ0v) is 11.0. The van der Waals surface area contributed by atoms with Gasteiger partial charge in [0.05, 0.1) is 11.8 Å². The van der Waals surface area contributed by atoms with Crippen molar-refractivity contribution in [1.82, 2.24) is 5.32 Å². The summed E-state index contributed by atoms with van der Waals surface area (Å²) in [6.07, 6.45) is 2.04. The number of rotatable bonds is 3. The van der Waals surface area contributed by atoms with E-state index in [-0.39, 0.29) is 12.1 Å². The van der Waals surface area contributed by atoms with Gasteiger partial charge in [-0.05, 0) is 30.2 Å². The molecular weight excluding hydrogens is 250 g/mol. The van der Waals surface area contributed by atoms with Gasteiger partial charge in [-0.1, -0.05) is 36.4 Å². The molecule has 0 saturated heterocycles. The van der Waals surface area contributed by atoms with E-state index in [2.05, 4.69) is 16.7 Å². The first-order valence-corrected chi connectivity index (χ1v) is 6.73. The Morgan fingerprint density at radius 2 is 1.95 bits per heavy atom. The van der Waals surface area contributed by atoms with E-state index in [0.717, 1.165) is 29.3 Å². The van der Waals surface area contributed by atoms with Crippen LogP contribution in [0.4, 0.5) is 10.5 Å². The minimum absolute atomic E-state index is 0.318. The molecule has 1 unspecified atom stereocenters. The molecule has 2 aromatic carbocycles. The van der Waals surface area contributed by atoms with Gasteiger partial charge < -0.3 is 10.6 Å². The number of nitrogens with one attached hydrogen (secondary N) is 2. The second-order valence-corrected chi connectivity index (χ2v) is 5.07. The summed E-state index contributed by atoms with van der Waals surface area (Å²) in [6, 6.07) is 15.1. The molecule has 1 aliphatic rings. The SMILES string of the molecule is N#CC(NC(=O)Nc1cccc2ccccc12)C1CC1. The Labute approximate surface area is 117 Å². The van der Waals surface area contributed by atoms with Crippen LogP contribution in [0.25, 0.3) is 10.8 Å². The Hall–Kier alpha value is -2.54. The molecular formula is C16H15N3O. The summed E-state index contributed by atoms with van der Waals surface area (Å²) >= 11 is 0. The molecule has 4 heteroatoms. The lowest BCUT2D eigenvalue weighted by molar-refractivity contribution is 0.249. The standard InChI is InChI=1S/C16H15N3O/c17-10-15(12-8-9-12)19-16(20)18-14-7-3-5-11-4-1-2-6-13(11)14/h1-7,12,15H,8-9H2,(H2,18,19,20). The number of amides is 2. The molecule has 0 spiro atoms. The first-order valence-electron chi connectivity index (χ1n) is 6.73. The predicted octanol–water partition coefficient (Wildman–Crippen LogP) is 3.26. The topological polar surface area (TPSA) is 64.9 Å². The highest BCUT2D eigenvalue weighted by atomic mass is 16.2. The monoisotopic (exact) mass is 265 g/mol. The molecule has 20 heavy (non-hydrogen) atoms. The van der Waals surface area contributed by atoms with Gasteiger partial charge in [0, 0.05) is 5.39 Å². The number of carbonyl (C=O) groups is 1. The highest BCUT2D eigenvalue weighted by molar-refractivity contribution is 6.01. The minimum atomic E-state index is -0.384. The highest BCUT2D eigenvalue weighted by Gasteiger charge is 2.32. The highest BCUT2D eigenvalue weighted by Crippen LogP contribution is 2.32. The van der Waals surface area contributed by atoms with Crippen LogP contribution in [-0.2, 0) is 0 Å². The Bertz CT molecular complexity index is 680. The van der Waals surface area contributed by atoms with Gasteiger partial charge in [0.1, 0.15) is 6.04 Å². The third-order valence-corrected chi connectivity index (χ3v) is 3.56. The fraction of sp³-hybridized carbons (Fsp3) is 0.250. The van der Waals surface area contributed by atoms with Crippen molar-refractivity contribution in [2.24, 2.45) is 5.92 Å². The van der Waals surface area contributed by atoms with Gasteiger partial charge in [-0.15, -0.1) is 0 Å². The summed E-state index contributed by atoms with van der Waals surface area (Å²) in [5.41, 5.74) is 0.757. The molecule has 0 heterocycles. The van der Waals surface area contributed by atoms with E-state index in [1.54, 1.807) is 0 Å². The second-order valence-electron chi connectivity index (χ2n) is 5.07. The van der Waals surface area contributed by atoms with E-state index < -0.39 is 0 Å². The van der Waals surface area contributed by atoms with Gasteiger partial charge in [0.15, 0.2) is 0 Å². The molecule has 2 aromatic rings. The van der Waals surface area contributed by atoms with Crippen LogP contribution in [0.1, 0.15) is 12.8 Å². The third kappa shape index (κ3) is 2.57. The van der Waals surface area contributed by atoms with Crippen LogP contribution in [0.3, 0.4) is 0 Å². The summed E-state index contributed by atoms with van der Waals surface area (Å²) < 4.78 is 0. The Balaban J connectivity index is 1.76. The van der Waals surface area contributed by atoms with Crippen molar-refractivity contribution in [3.63, 3.8) is 0 Å². The minimum Gasteiger partial charge on any atom is -0.322 e. The molecule has 2 amide bonds. The number of nitrogens with zero attached hydrogens (tertiary/aromatic N) is 1. The zero-order valence-electron chi connectivity index (χ0n) is 11.0. The number of hydrogen-bond acceptors (Lipinski definition) is 2. The van der Waals surface area contributed by atoms with Crippen LogP contribution >= 0.6 is 0 Å². The Kier molecular flexibility index (Phi) is 3.26. The lowest BCUT2D eigenvalue weighted by atomic mass is 10.1. The fourth-order valence-electron chi connectivity index (χ4n) is 2.32. The number of nitriles is 1. The van der Waals surface area contributed by atoms with Crippen LogP contribution in [0, 0.1) is 17.2 Å². The van der Waals surface area contributed by atoms with E-state index in [4.69, 9.17) is 5.26 Å². The maximum absolute atomic E-state index is 12.0. The van der Waals surface area contributed by atoms with Crippen molar-refractivity contribution >= 4 is 22.5 Å². The smallest absolute Gasteiger partial charge is 0.320 e. The van der Waals surface area contributed by atoms with Gasteiger partial charge in [-0.25, -0.2) is 4.79 Å². The number of urea groups is 1. The lowest BCUT2D eigenvalue weighted by Gasteiger charge is -2.13. The van der Waals surface area contributed by atoms with Crippen molar-refractivity contribution in [2.75, 3.05) is 5.32 Å². The number of anilines is 1. The van der Waals surface area contributed by atoms with E-state index in [1.165, 1.54) is 0 Å². The predicted molar refractivity (Wildman–Crippen MR) is 78.2 cm³/mol. The van der Waals surface area contributed by atoms with E-state index in [1.807, 2.05) is 42.5 Å². The normalized spacial score (nSPS) is 15.3. The maximum Gasteiger partial charge on any atom is 0.320 e. The molecule has 2 N–H and O–H groups in total. The van der Waals surface area contributed by atoms with E-state index in [0.29, 0.717) is 5.92 Å². The van der Waals surface area contributed by atoms with Crippen molar-refractivity contribution < 1.29 is 4.79 Å². The largest absolute Gasteiger partial charge is 0.322 e. The number of hydrogen-bond donors (Lipinski definition) is 2. The molecule has 100 valence electrons. The quantitative estimate of drug-likeness (QED) is 0.894. The molecule has 1 fully saturated rings. The summed E-state index contributed by atoms with van der Waals surface area (Å²) in [6.45, 7) is 0. The lowest BCUT2D eigenvalue weighted by Crippen LogP contribution is -2.38. The van der Waals surface area contributed by atoms with Crippen molar-refractivity contribution in [1.29, 1.82) is 5.26 Å². The third-order valence-electron chi connectivity index (χ3n) is 3.56. The van der Waals surface area contributed by atoms with Crippen molar-refractivity contribution in [2.45, 2.75) is 18.9 Å². The molecule has 1 aliphatic carbocycles. The molecule has 1 saturated carbocycles. The number of benzene rings is 2. The zero-order chi connectivity index (χ0) is 13.9. The fourth-order valence-corrected chi connectivity index (χ4v) is 2.32.